The lowest BCUT2D eigenvalue weighted by Crippen LogP contribution is -2.05. The van der Waals surface area contributed by atoms with Gasteiger partial charge >= 0.3 is 0 Å². The van der Waals surface area contributed by atoms with Crippen molar-refractivity contribution < 1.29 is 0 Å². The van der Waals surface area contributed by atoms with Crippen molar-refractivity contribution in [3.05, 3.63) is 34.7 Å². The Bertz CT molecular complexity index is 545. The van der Waals surface area contributed by atoms with Gasteiger partial charge in [0.1, 0.15) is 22.1 Å². The smallest absolute Gasteiger partial charge is 0.142 e. The van der Waals surface area contributed by atoms with Crippen molar-refractivity contribution in [1.82, 2.24) is 19.5 Å². The van der Waals surface area contributed by atoms with Gasteiger partial charge in [0, 0.05) is 30.8 Å². The summed E-state index contributed by atoms with van der Waals surface area (Å²) in [4.78, 5) is 13.4. The zero-order chi connectivity index (χ0) is 11.8. The average Bonchev–Trinajstić information content (AvgIpc) is 3.06. The topological polar surface area (TPSA) is 43.6 Å². The van der Waals surface area contributed by atoms with Crippen LogP contribution in [0, 0.1) is 0 Å². The second-order valence-electron chi connectivity index (χ2n) is 4.25. The van der Waals surface area contributed by atoms with Gasteiger partial charge in [0.05, 0.1) is 0 Å². The van der Waals surface area contributed by atoms with Crippen molar-refractivity contribution in [2.45, 2.75) is 32.1 Å². The Balaban J connectivity index is 2.07. The van der Waals surface area contributed by atoms with Gasteiger partial charge in [-0.15, -0.1) is 0 Å². The zero-order valence-corrected chi connectivity index (χ0v) is 11.2. The fourth-order valence-corrected chi connectivity index (χ4v) is 2.26. The Morgan fingerprint density at radius 3 is 2.94 bits per heavy atom. The first-order valence-electron chi connectivity index (χ1n) is 5.85. The van der Waals surface area contributed by atoms with Crippen LogP contribution in [0.25, 0.3) is 5.82 Å². The maximum Gasteiger partial charge on any atom is 0.142 e. The van der Waals surface area contributed by atoms with Crippen LogP contribution in [0.15, 0.2) is 23.1 Å². The summed E-state index contributed by atoms with van der Waals surface area (Å²) in [5.74, 6) is 3.44. The molecule has 0 radical (unpaired) electrons. The van der Waals surface area contributed by atoms with Crippen LogP contribution in [-0.2, 0) is 6.42 Å². The van der Waals surface area contributed by atoms with E-state index in [0.29, 0.717) is 5.92 Å². The van der Waals surface area contributed by atoms with Crippen LogP contribution in [0.5, 0.6) is 0 Å². The summed E-state index contributed by atoms with van der Waals surface area (Å²) in [6.07, 6.45) is 7.07. The van der Waals surface area contributed by atoms with E-state index in [9.17, 15) is 0 Å². The van der Waals surface area contributed by atoms with Gasteiger partial charge in [0.15, 0.2) is 0 Å². The Morgan fingerprint density at radius 1 is 1.41 bits per heavy atom. The van der Waals surface area contributed by atoms with E-state index in [0.717, 1.165) is 28.5 Å². The molecule has 1 aliphatic rings. The van der Waals surface area contributed by atoms with E-state index in [-0.39, 0.29) is 0 Å². The molecule has 2 heterocycles. The molecule has 1 saturated carbocycles. The van der Waals surface area contributed by atoms with E-state index in [1.807, 2.05) is 23.0 Å². The largest absolute Gasteiger partial charge is 0.288 e. The Morgan fingerprint density at radius 2 is 2.24 bits per heavy atom. The van der Waals surface area contributed by atoms with Crippen LogP contribution in [0.3, 0.4) is 0 Å². The first kappa shape index (κ1) is 10.9. The highest BCUT2D eigenvalue weighted by molar-refractivity contribution is 9.10. The molecule has 2 aromatic rings. The summed E-state index contributed by atoms with van der Waals surface area (Å²) in [5.41, 5.74) is 0. The zero-order valence-electron chi connectivity index (χ0n) is 9.60. The highest BCUT2D eigenvalue weighted by Gasteiger charge is 2.27. The van der Waals surface area contributed by atoms with Crippen LogP contribution in [0.1, 0.15) is 37.3 Å². The van der Waals surface area contributed by atoms with Crippen LogP contribution in [0.4, 0.5) is 0 Å². The molecular weight excluding hydrogens is 280 g/mol. The number of nitrogens with zero attached hydrogens (tertiary/aromatic N) is 4. The first-order valence-corrected chi connectivity index (χ1v) is 6.64. The number of imidazole rings is 1. The van der Waals surface area contributed by atoms with Crippen LogP contribution in [-0.4, -0.2) is 19.5 Å². The molecule has 0 N–H and O–H groups in total. The van der Waals surface area contributed by atoms with Gasteiger partial charge in [-0.1, -0.05) is 6.92 Å². The monoisotopic (exact) mass is 292 g/mol. The molecule has 0 aromatic carbocycles. The third-order valence-electron chi connectivity index (χ3n) is 2.92. The van der Waals surface area contributed by atoms with E-state index >= 15 is 0 Å². The Labute approximate surface area is 108 Å². The summed E-state index contributed by atoms with van der Waals surface area (Å²) < 4.78 is 2.87. The van der Waals surface area contributed by atoms with Gasteiger partial charge in [-0.05, 0) is 28.8 Å². The van der Waals surface area contributed by atoms with Crippen molar-refractivity contribution in [2.24, 2.45) is 0 Å². The van der Waals surface area contributed by atoms with E-state index in [4.69, 9.17) is 0 Å². The fraction of sp³-hybridized carbons (Fsp3) is 0.417. The minimum Gasteiger partial charge on any atom is -0.288 e. The molecule has 2 aromatic heterocycles. The minimum atomic E-state index is 0.555. The van der Waals surface area contributed by atoms with Crippen molar-refractivity contribution in [3.8, 4) is 5.82 Å². The van der Waals surface area contributed by atoms with Crippen molar-refractivity contribution >= 4 is 15.9 Å². The second-order valence-corrected chi connectivity index (χ2v) is 5.06. The number of hydrogen-bond donors (Lipinski definition) is 0. The molecule has 88 valence electrons. The van der Waals surface area contributed by atoms with E-state index < -0.39 is 0 Å². The third kappa shape index (κ3) is 2.11. The van der Waals surface area contributed by atoms with Gasteiger partial charge in [0.25, 0.3) is 0 Å². The van der Waals surface area contributed by atoms with Gasteiger partial charge in [-0.2, -0.15) is 0 Å². The maximum absolute atomic E-state index is 4.63. The first-order chi connectivity index (χ1) is 8.28. The minimum absolute atomic E-state index is 0.555. The molecule has 0 amide bonds. The Kier molecular flexibility index (Phi) is 2.70. The number of halogens is 1. The highest BCUT2D eigenvalue weighted by atomic mass is 79.9. The number of hydrogen-bond acceptors (Lipinski definition) is 3. The van der Waals surface area contributed by atoms with Gasteiger partial charge < -0.3 is 0 Å². The van der Waals surface area contributed by atoms with Crippen LogP contribution >= 0.6 is 15.9 Å². The van der Waals surface area contributed by atoms with E-state index in [1.165, 1.54) is 12.8 Å². The molecule has 0 aliphatic heterocycles. The molecule has 4 nitrogen and oxygen atoms in total. The standard InChI is InChI=1S/C12H13BrN4/c1-2-10-14-5-6-17(10)11-7-9(13)15-12(16-11)8-3-4-8/h5-8H,2-4H2,1H3. The van der Waals surface area contributed by atoms with E-state index in [2.05, 4.69) is 37.8 Å². The lowest BCUT2D eigenvalue weighted by molar-refractivity contribution is 0.826. The quantitative estimate of drug-likeness (QED) is 0.817. The fourth-order valence-electron chi connectivity index (χ4n) is 1.87. The van der Waals surface area contributed by atoms with Crippen LogP contribution < -0.4 is 0 Å². The highest BCUT2D eigenvalue weighted by Crippen LogP contribution is 2.38. The molecule has 0 saturated heterocycles. The molecule has 0 bridgehead atoms. The molecule has 0 atom stereocenters. The molecule has 0 unspecified atom stereocenters. The molecule has 1 fully saturated rings. The maximum atomic E-state index is 4.63. The average molecular weight is 293 g/mol. The molecule has 0 spiro atoms. The van der Waals surface area contributed by atoms with Crippen molar-refractivity contribution in [1.29, 1.82) is 0 Å². The molecule has 3 rings (SSSR count). The van der Waals surface area contributed by atoms with Gasteiger partial charge in [0.2, 0.25) is 0 Å². The molecule has 1 aliphatic carbocycles. The number of rotatable bonds is 3. The lowest BCUT2D eigenvalue weighted by atomic mass is 10.4. The summed E-state index contributed by atoms with van der Waals surface area (Å²) in [6, 6.07) is 1.94. The number of aromatic nitrogens is 4. The van der Waals surface area contributed by atoms with Gasteiger partial charge in [-0.25, -0.2) is 15.0 Å². The SMILES string of the molecule is CCc1nccn1-c1cc(Br)nc(C2CC2)n1. The summed E-state index contributed by atoms with van der Waals surface area (Å²) in [5, 5.41) is 0. The molecular formula is C12H13BrN4. The van der Waals surface area contributed by atoms with Crippen LogP contribution in [0.2, 0.25) is 0 Å². The lowest BCUT2D eigenvalue weighted by Gasteiger charge is -2.07. The number of aryl methyl sites for hydroxylation is 1. The Hall–Kier alpha value is -1.23. The summed E-state index contributed by atoms with van der Waals surface area (Å²) in [7, 11) is 0. The predicted octanol–water partition coefficient (Wildman–Crippen LogP) is 2.86. The second kappa shape index (κ2) is 4.22. The molecule has 17 heavy (non-hydrogen) atoms. The van der Waals surface area contributed by atoms with Crippen molar-refractivity contribution in [2.75, 3.05) is 0 Å². The summed E-state index contributed by atoms with van der Waals surface area (Å²) in [6.45, 7) is 2.09. The summed E-state index contributed by atoms with van der Waals surface area (Å²) >= 11 is 3.46. The predicted molar refractivity (Wildman–Crippen MR) is 68.2 cm³/mol. The van der Waals surface area contributed by atoms with E-state index in [1.54, 1.807) is 0 Å². The normalized spacial score (nSPS) is 15.2. The third-order valence-corrected chi connectivity index (χ3v) is 3.33. The molecule has 5 heteroatoms. The van der Waals surface area contributed by atoms with Crippen molar-refractivity contribution in [3.63, 3.8) is 0 Å². The van der Waals surface area contributed by atoms with Gasteiger partial charge in [-0.3, -0.25) is 4.57 Å².